The van der Waals surface area contributed by atoms with Crippen molar-refractivity contribution in [2.24, 2.45) is 0 Å². The summed E-state index contributed by atoms with van der Waals surface area (Å²) in [5, 5.41) is 3.35. The van der Waals surface area contributed by atoms with E-state index in [0.29, 0.717) is 17.4 Å². The number of halogens is 1. The highest BCUT2D eigenvalue weighted by atomic mass is 35.5. The number of hydrogen-bond acceptors (Lipinski definition) is 5. The van der Waals surface area contributed by atoms with Crippen LogP contribution in [0.25, 0.3) is 0 Å². The quantitative estimate of drug-likeness (QED) is 0.500. The first-order valence-electron chi connectivity index (χ1n) is 11.0. The fourth-order valence-electron chi connectivity index (χ4n) is 3.31. The number of hydrogen-bond donors (Lipinski definition) is 1. The molecule has 0 saturated carbocycles. The van der Waals surface area contributed by atoms with Crippen molar-refractivity contribution in [2.45, 2.75) is 46.3 Å². The van der Waals surface area contributed by atoms with Crippen LogP contribution in [0.4, 0.5) is 5.69 Å². The minimum Gasteiger partial charge on any atom is -0.492 e. The minimum absolute atomic E-state index is 0.105. The van der Waals surface area contributed by atoms with Crippen molar-refractivity contribution in [2.75, 3.05) is 23.7 Å². The molecule has 186 valence electrons. The highest BCUT2D eigenvalue weighted by Crippen LogP contribution is 2.30. The van der Waals surface area contributed by atoms with Crippen LogP contribution in [-0.2, 0) is 26.2 Å². The number of carbonyl (C=O) groups excluding carboxylic acids is 2. The zero-order valence-electron chi connectivity index (χ0n) is 20.1. The molecule has 1 unspecified atom stereocenters. The van der Waals surface area contributed by atoms with Crippen molar-refractivity contribution < 1.29 is 22.7 Å². The van der Waals surface area contributed by atoms with Gasteiger partial charge in [0.15, 0.2) is 0 Å². The number of sulfonamides is 1. The van der Waals surface area contributed by atoms with Crippen LogP contribution in [0.5, 0.6) is 5.75 Å². The Bertz CT molecular complexity index is 1090. The van der Waals surface area contributed by atoms with Gasteiger partial charge in [-0.05, 0) is 57.5 Å². The molecule has 2 aromatic carbocycles. The lowest BCUT2D eigenvalue weighted by Gasteiger charge is -2.32. The number of para-hydroxylation sites is 2. The Hall–Kier alpha value is -2.78. The smallest absolute Gasteiger partial charge is 0.244 e. The van der Waals surface area contributed by atoms with Gasteiger partial charge in [0.2, 0.25) is 21.8 Å². The first-order chi connectivity index (χ1) is 15.9. The molecule has 0 saturated heterocycles. The van der Waals surface area contributed by atoms with Crippen LogP contribution in [0.15, 0.2) is 48.5 Å². The molecule has 1 atom stereocenters. The molecule has 0 fully saturated rings. The summed E-state index contributed by atoms with van der Waals surface area (Å²) in [6, 6.07) is 12.6. The van der Waals surface area contributed by atoms with Crippen LogP contribution < -0.4 is 14.4 Å². The topological polar surface area (TPSA) is 96.0 Å². The van der Waals surface area contributed by atoms with Gasteiger partial charge >= 0.3 is 0 Å². The van der Waals surface area contributed by atoms with Crippen molar-refractivity contribution in [3.63, 3.8) is 0 Å². The third-order valence-corrected chi connectivity index (χ3v) is 6.36. The molecule has 0 heterocycles. The summed E-state index contributed by atoms with van der Waals surface area (Å²) in [7, 11) is -3.84. The number of anilines is 1. The molecule has 0 bridgehead atoms. The van der Waals surface area contributed by atoms with Crippen molar-refractivity contribution in [1.82, 2.24) is 10.2 Å². The van der Waals surface area contributed by atoms with Crippen LogP contribution in [0.2, 0.25) is 5.02 Å². The average Bonchev–Trinajstić information content (AvgIpc) is 2.76. The second-order valence-electron chi connectivity index (χ2n) is 8.16. The number of carbonyl (C=O) groups is 2. The van der Waals surface area contributed by atoms with E-state index in [9.17, 15) is 18.0 Å². The van der Waals surface area contributed by atoms with Gasteiger partial charge in [0.25, 0.3) is 0 Å². The molecule has 0 radical (unpaired) electrons. The highest BCUT2D eigenvalue weighted by Gasteiger charge is 2.31. The number of benzene rings is 2. The van der Waals surface area contributed by atoms with Crippen LogP contribution in [0.1, 0.15) is 33.3 Å². The van der Waals surface area contributed by atoms with E-state index in [0.717, 1.165) is 16.1 Å². The number of amides is 2. The molecule has 0 aliphatic rings. The first-order valence-corrected chi connectivity index (χ1v) is 13.2. The molecule has 0 aliphatic carbocycles. The van der Waals surface area contributed by atoms with Gasteiger partial charge < -0.3 is 15.0 Å². The van der Waals surface area contributed by atoms with E-state index in [2.05, 4.69) is 5.32 Å². The summed E-state index contributed by atoms with van der Waals surface area (Å²) in [4.78, 5) is 27.6. The average molecular weight is 510 g/mol. The van der Waals surface area contributed by atoms with Crippen molar-refractivity contribution in [3.8, 4) is 5.75 Å². The predicted octanol–water partition coefficient (Wildman–Crippen LogP) is 3.45. The Labute approximate surface area is 206 Å². The summed E-state index contributed by atoms with van der Waals surface area (Å²) in [5.41, 5.74) is 1.01. The standard InChI is InChI=1S/C24H32ClN3O5S/c1-6-33-22-10-8-7-9-21(22)28(34(5,31)32)16-23(29)27(18(4)24(30)26-17(2)3)15-19-11-13-20(25)14-12-19/h7-14,17-18H,6,15-16H2,1-5H3,(H,26,30). The van der Waals surface area contributed by atoms with Gasteiger partial charge in [-0.3, -0.25) is 13.9 Å². The fourth-order valence-corrected chi connectivity index (χ4v) is 4.29. The van der Waals surface area contributed by atoms with E-state index >= 15 is 0 Å². The lowest BCUT2D eigenvalue weighted by atomic mass is 10.1. The van der Waals surface area contributed by atoms with Gasteiger partial charge in [-0.15, -0.1) is 0 Å². The van der Waals surface area contributed by atoms with E-state index in [1.54, 1.807) is 62.4 Å². The Morgan fingerprint density at radius 1 is 1.06 bits per heavy atom. The Kier molecular flexibility index (Phi) is 9.76. The van der Waals surface area contributed by atoms with Gasteiger partial charge in [-0.1, -0.05) is 35.9 Å². The summed E-state index contributed by atoms with van der Waals surface area (Å²) < 4.78 is 32.0. The Morgan fingerprint density at radius 3 is 2.24 bits per heavy atom. The third kappa shape index (κ3) is 7.63. The van der Waals surface area contributed by atoms with Gasteiger partial charge in [-0.25, -0.2) is 8.42 Å². The first kappa shape index (κ1) is 27.5. The van der Waals surface area contributed by atoms with E-state index in [1.807, 2.05) is 13.8 Å². The maximum atomic E-state index is 13.5. The third-order valence-electron chi connectivity index (χ3n) is 4.98. The molecule has 0 aliphatic heterocycles. The molecule has 0 spiro atoms. The van der Waals surface area contributed by atoms with E-state index < -0.39 is 28.5 Å². The zero-order chi connectivity index (χ0) is 25.5. The normalized spacial score (nSPS) is 12.2. The molecule has 0 aromatic heterocycles. The number of nitrogens with one attached hydrogen (secondary N) is 1. The maximum Gasteiger partial charge on any atom is 0.244 e. The van der Waals surface area contributed by atoms with Crippen molar-refractivity contribution >= 4 is 39.1 Å². The summed E-state index contributed by atoms with van der Waals surface area (Å²) >= 11 is 5.98. The maximum absolute atomic E-state index is 13.5. The molecule has 34 heavy (non-hydrogen) atoms. The molecule has 1 N–H and O–H groups in total. The van der Waals surface area contributed by atoms with Crippen molar-refractivity contribution in [1.29, 1.82) is 0 Å². The van der Waals surface area contributed by atoms with Crippen LogP contribution in [0, 0.1) is 0 Å². The second-order valence-corrected chi connectivity index (χ2v) is 10.5. The number of rotatable bonds is 11. The SMILES string of the molecule is CCOc1ccccc1N(CC(=O)N(Cc1ccc(Cl)cc1)C(C)C(=O)NC(C)C)S(C)(=O)=O. The van der Waals surface area contributed by atoms with Gasteiger partial charge in [0.1, 0.15) is 18.3 Å². The molecule has 8 nitrogen and oxygen atoms in total. The highest BCUT2D eigenvalue weighted by molar-refractivity contribution is 7.92. The largest absolute Gasteiger partial charge is 0.492 e. The Balaban J connectivity index is 2.42. The van der Waals surface area contributed by atoms with Gasteiger partial charge in [0.05, 0.1) is 18.6 Å². The number of ether oxygens (including phenoxy) is 1. The van der Waals surface area contributed by atoms with E-state index in [-0.39, 0.29) is 24.2 Å². The van der Waals surface area contributed by atoms with Crippen LogP contribution in [-0.4, -0.2) is 56.6 Å². The van der Waals surface area contributed by atoms with Crippen LogP contribution >= 0.6 is 11.6 Å². The van der Waals surface area contributed by atoms with Crippen molar-refractivity contribution in [3.05, 3.63) is 59.1 Å². The molecule has 2 aromatic rings. The monoisotopic (exact) mass is 509 g/mol. The zero-order valence-corrected chi connectivity index (χ0v) is 21.7. The van der Waals surface area contributed by atoms with E-state index in [4.69, 9.17) is 16.3 Å². The molecule has 2 rings (SSSR count). The molecular formula is C24H32ClN3O5S. The molecule has 10 heteroatoms. The van der Waals surface area contributed by atoms with Gasteiger partial charge in [-0.2, -0.15) is 0 Å². The summed E-state index contributed by atoms with van der Waals surface area (Å²) in [5.74, 6) is -0.519. The van der Waals surface area contributed by atoms with E-state index in [1.165, 1.54) is 4.90 Å². The minimum atomic E-state index is -3.84. The Morgan fingerprint density at radius 2 is 1.68 bits per heavy atom. The fraction of sp³-hybridized carbons (Fsp3) is 0.417. The van der Waals surface area contributed by atoms with Gasteiger partial charge in [0, 0.05) is 17.6 Å². The molecule has 2 amide bonds. The lowest BCUT2D eigenvalue weighted by Crippen LogP contribution is -2.52. The lowest BCUT2D eigenvalue weighted by molar-refractivity contribution is -0.139. The summed E-state index contributed by atoms with van der Waals surface area (Å²) in [6.07, 6.45) is 1.03. The molecular weight excluding hydrogens is 478 g/mol. The van der Waals surface area contributed by atoms with Crippen LogP contribution in [0.3, 0.4) is 0 Å². The predicted molar refractivity (Wildman–Crippen MR) is 135 cm³/mol. The summed E-state index contributed by atoms with van der Waals surface area (Å²) in [6.45, 7) is 7.00. The second kappa shape index (κ2) is 12.1. The number of nitrogens with zero attached hydrogens (tertiary/aromatic N) is 2.